The first-order valence-corrected chi connectivity index (χ1v) is 5.29. The highest BCUT2D eigenvalue weighted by molar-refractivity contribution is 5.51. The average molecular weight is 209 g/mol. The van der Waals surface area contributed by atoms with Gasteiger partial charge in [0.15, 0.2) is 0 Å². The summed E-state index contributed by atoms with van der Waals surface area (Å²) < 4.78 is 4.98. The van der Waals surface area contributed by atoms with Gasteiger partial charge in [-0.2, -0.15) is 0 Å². The second-order valence-electron chi connectivity index (χ2n) is 3.23. The summed E-state index contributed by atoms with van der Waals surface area (Å²) in [6.07, 6.45) is 2.81. The summed E-state index contributed by atoms with van der Waals surface area (Å²) in [5, 5.41) is 6.49. The van der Waals surface area contributed by atoms with E-state index in [-0.39, 0.29) is 0 Å². The third-order valence-corrected chi connectivity index (χ3v) is 1.97. The van der Waals surface area contributed by atoms with E-state index < -0.39 is 0 Å². The number of hydrogen-bond donors (Lipinski definition) is 2. The maximum absolute atomic E-state index is 4.98. The van der Waals surface area contributed by atoms with Crippen molar-refractivity contribution in [3.8, 4) is 0 Å². The lowest BCUT2D eigenvalue weighted by Gasteiger charge is -2.07. The van der Waals surface area contributed by atoms with Crippen LogP contribution in [0.1, 0.15) is 13.3 Å². The Kier molecular flexibility index (Phi) is 5.55. The smallest absolute Gasteiger partial charge is 0.127 e. The van der Waals surface area contributed by atoms with Gasteiger partial charge in [0.2, 0.25) is 0 Å². The van der Waals surface area contributed by atoms with Crippen molar-refractivity contribution >= 4 is 11.5 Å². The molecule has 0 radical (unpaired) electrons. The van der Waals surface area contributed by atoms with E-state index in [0.717, 1.165) is 37.6 Å². The molecule has 0 amide bonds. The largest absolute Gasteiger partial charge is 0.385 e. The van der Waals surface area contributed by atoms with Crippen molar-refractivity contribution in [1.29, 1.82) is 0 Å². The first kappa shape index (κ1) is 11.8. The summed E-state index contributed by atoms with van der Waals surface area (Å²) >= 11 is 0. The van der Waals surface area contributed by atoms with Crippen molar-refractivity contribution in [1.82, 2.24) is 4.98 Å². The molecule has 0 saturated carbocycles. The molecule has 1 aromatic rings. The number of methoxy groups -OCH3 is 1. The number of nitrogens with one attached hydrogen (secondary N) is 2. The van der Waals surface area contributed by atoms with Gasteiger partial charge in [-0.3, -0.25) is 0 Å². The Hall–Kier alpha value is -1.29. The zero-order chi connectivity index (χ0) is 10.9. The van der Waals surface area contributed by atoms with Crippen LogP contribution < -0.4 is 10.6 Å². The quantitative estimate of drug-likeness (QED) is 0.674. The fraction of sp³-hybridized carbons (Fsp3) is 0.545. The van der Waals surface area contributed by atoms with Gasteiger partial charge >= 0.3 is 0 Å². The minimum absolute atomic E-state index is 0.790. The van der Waals surface area contributed by atoms with Crippen LogP contribution >= 0.6 is 0 Å². The number of rotatable bonds is 7. The molecule has 4 nitrogen and oxygen atoms in total. The van der Waals surface area contributed by atoms with Crippen molar-refractivity contribution in [2.45, 2.75) is 13.3 Å². The van der Waals surface area contributed by atoms with Gasteiger partial charge in [0.25, 0.3) is 0 Å². The number of aromatic nitrogens is 1. The van der Waals surface area contributed by atoms with E-state index in [4.69, 9.17) is 4.74 Å². The number of nitrogens with zero attached hydrogens (tertiary/aromatic N) is 1. The van der Waals surface area contributed by atoms with Gasteiger partial charge in [0.05, 0.1) is 0 Å². The second kappa shape index (κ2) is 7.06. The van der Waals surface area contributed by atoms with Gasteiger partial charge in [0, 0.05) is 44.8 Å². The average Bonchev–Trinajstić information content (AvgIpc) is 2.26. The lowest BCUT2D eigenvalue weighted by Crippen LogP contribution is -2.05. The number of ether oxygens (including phenoxy) is 1. The van der Waals surface area contributed by atoms with Crippen LogP contribution in [0.25, 0.3) is 0 Å². The number of anilines is 2. The first-order chi connectivity index (χ1) is 7.36. The molecule has 1 aromatic heterocycles. The molecule has 4 heteroatoms. The van der Waals surface area contributed by atoms with Gasteiger partial charge in [0.1, 0.15) is 5.82 Å². The van der Waals surface area contributed by atoms with Crippen molar-refractivity contribution in [2.75, 3.05) is 37.4 Å². The lowest BCUT2D eigenvalue weighted by molar-refractivity contribution is 0.198. The Morgan fingerprint density at radius 2 is 2.27 bits per heavy atom. The maximum Gasteiger partial charge on any atom is 0.127 e. The standard InChI is InChI=1S/C11H19N3O/c1-3-12-11-9-10(5-7-14-11)13-6-4-8-15-2/h5,7,9H,3-4,6,8H2,1-2H3,(H2,12,13,14). The lowest BCUT2D eigenvalue weighted by atomic mass is 10.3. The Labute approximate surface area is 91.1 Å². The van der Waals surface area contributed by atoms with Crippen LogP contribution in [0.15, 0.2) is 18.3 Å². The topological polar surface area (TPSA) is 46.2 Å². The second-order valence-corrected chi connectivity index (χ2v) is 3.23. The van der Waals surface area contributed by atoms with Crippen LogP contribution in [0.4, 0.5) is 11.5 Å². The zero-order valence-electron chi connectivity index (χ0n) is 9.42. The normalized spacial score (nSPS) is 10.0. The molecule has 15 heavy (non-hydrogen) atoms. The molecule has 0 aliphatic carbocycles. The molecule has 0 bridgehead atoms. The van der Waals surface area contributed by atoms with Gasteiger partial charge in [-0.15, -0.1) is 0 Å². The molecular formula is C11H19N3O. The van der Waals surface area contributed by atoms with Gasteiger partial charge in [-0.05, 0) is 19.4 Å². The molecule has 0 fully saturated rings. The van der Waals surface area contributed by atoms with Crippen molar-refractivity contribution in [3.63, 3.8) is 0 Å². The van der Waals surface area contributed by atoms with Gasteiger partial charge < -0.3 is 15.4 Å². The fourth-order valence-electron chi connectivity index (χ4n) is 1.27. The first-order valence-electron chi connectivity index (χ1n) is 5.29. The molecule has 0 aromatic carbocycles. The third kappa shape index (κ3) is 4.65. The zero-order valence-corrected chi connectivity index (χ0v) is 9.42. The van der Waals surface area contributed by atoms with E-state index in [0.29, 0.717) is 0 Å². The van der Waals surface area contributed by atoms with Crippen LogP contribution in [0.3, 0.4) is 0 Å². The molecule has 84 valence electrons. The van der Waals surface area contributed by atoms with Gasteiger partial charge in [-0.1, -0.05) is 0 Å². The highest BCUT2D eigenvalue weighted by atomic mass is 16.5. The maximum atomic E-state index is 4.98. The van der Waals surface area contributed by atoms with E-state index >= 15 is 0 Å². The summed E-state index contributed by atoms with van der Waals surface area (Å²) in [4.78, 5) is 4.20. The summed E-state index contributed by atoms with van der Waals surface area (Å²) in [6, 6.07) is 3.98. The Bertz CT molecular complexity index is 278. The Morgan fingerprint density at radius 3 is 3.00 bits per heavy atom. The van der Waals surface area contributed by atoms with Crippen molar-refractivity contribution in [2.24, 2.45) is 0 Å². The molecule has 0 saturated heterocycles. The van der Waals surface area contributed by atoms with Crippen LogP contribution in [0, 0.1) is 0 Å². The molecule has 0 atom stereocenters. The molecule has 0 aliphatic heterocycles. The molecule has 2 N–H and O–H groups in total. The SMILES string of the molecule is CCNc1cc(NCCCOC)ccn1. The minimum atomic E-state index is 0.790. The molecule has 1 heterocycles. The summed E-state index contributed by atoms with van der Waals surface area (Å²) in [6.45, 7) is 4.65. The van der Waals surface area contributed by atoms with Crippen molar-refractivity contribution in [3.05, 3.63) is 18.3 Å². The monoisotopic (exact) mass is 209 g/mol. The summed E-state index contributed by atoms with van der Waals surface area (Å²) in [5.74, 6) is 0.911. The molecular weight excluding hydrogens is 190 g/mol. The Morgan fingerprint density at radius 1 is 1.40 bits per heavy atom. The predicted molar refractivity (Wildman–Crippen MR) is 63.4 cm³/mol. The molecule has 0 spiro atoms. The highest BCUT2D eigenvalue weighted by Gasteiger charge is 1.94. The third-order valence-electron chi connectivity index (χ3n) is 1.97. The van der Waals surface area contributed by atoms with E-state index in [1.807, 2.05) is 12.1 Å². The van der Waals surface area contributed by atoms with Crippen LogP contribution in [-0.2, 0) is 4.74 Å². The molecule has 1 rings (SSSR count). The number of pyridine rings is 1. The predicted octanol–water partition coefficient (Wildman–Crippen LogP) is 1.96. The van der Waals surface area contributed by atoms with Gasteiger partial charge in [-0.25, -0.2) is 4.98 Å². The van der Waals surface area contributed by atoms with E-state index in [1.165, 1.54) is 0 Å². The van der Waals surface area contributed by atoms with E-state index in [2.05, 4.69) is 22.5 Å². The molecule has 0 unspecified atom stereocenters. The fourth-order valence-corrected chi connectivity index (χ4v) is 1.27. The van der Waals surface area contributed by atoms with E-state index in [1.54, 1.807) is 13.3 Å². The molecule has 0 aliphatic rings. The summed E-state index contributed by atoms with van der Waals surface area (Å²) in [7, 11) is 1.72. The minimum Gasteiger partial charge on any atom is -0.385 e. The van der Waals surface area contributed by atoms with Crippen molar-refractivity contribution < 1.29 is 4.74 Å². The van der Waals surface area contributed by atoms with Crippen LogP contribution in [0.2, 0.25) is 0 Å². The number of hydrogen-bond acceptors (Lipinski definition) is 4. The van der Waals surface area contributed by atoms with E-state index in [9.17, 15) is 0 Å². The van der Waals surface area contributed by atoms with Crippen LogP contribution in [0.5, 0.6) is 0 Å². The van der Waals surface area contributed by atoms with Crippen LogP contribution in [-0.4, -0.2) is 31.8 Å². The summed E-state index contributed by atoms with van der Waals surface area (Å²) in [5.41, 5.74) is 1.09. The Balaban J connectivity index is 2.36. The highest BCUT2D eigenvalue weighted by Crippen LogP contribution is 2.11.